The minimum Gasteiger partial charge on any atom is -0.312 e. The third kappa shape index (κ3) is 3.23. The van der Waals surface area contributed by atoms with Crippen LogP contribution in [-0.2, 0) is 0 Å². The molecule has 1 amide bonds. The van der Waals surface area contributed by atoms with Gasteiger partial charge in [-0.1, -0.05) is 48.5 Å². The highest BCUT2D eigenvalue weighted by Gasteiger charge is 2.29. The molecule has 0 spiro atoms. The minimum atomic E-state index is -0.235. The van der Waals surface area contributed by atoms with E-state index in [0.29, 0.717) is 5.56 Å². The summed E-state index contributed by atoms with van der Waals surface area (Å²) < 4.78 is 1.97. The van der Waals surface area contributed by atoms with E-state index in [1.165, 1.54) is 0 Å². The summed E-state index contributed by atoms with van der Waals surface area (Å²) in [4.78, 5) is 19.3. The number of carbonyl (C=O) groups is 1. The van der Waals surface area contributed by atoms with Crippen molar-refractivity contribution in [2.24, 2.45) is 0 Å². The van der Waals surface area contributed by atoms with Gasteiger partial charge < -0.3 is 9.47 Å². The van der Waals surface area contributed by atoms with Gasteiger partial charge in [-0.3, -0.25) is 4.79 Å². The standard InChI is InChI=1S/C20H21N3O/c1-16(2)23(20(24)18-11-7-4-8-12-18)19(22-14-13-21-15-22)17-9-5-3-6-10-17/h3-16,19H,1-2H3. The average Bonchev–Trinajstić information content (AvgIpc) is 3.14. The SMILES string of the molecule is CC(C)N(C(=O)c1ccccc1)C(c1ccccc1)n1ccnc1. The summed E-state index contributed by atoms with van der Waals surface area (Å²) in [5, 5.41) is 0. The molecule has 4 heteroatoms. The van der Waals surface area contributed by atoms with E-state index in [4.69, 9.17) is 0 Å². The van der Waals surface area contributed by atoms with E-state index in [1.807, 2.05) is 90.2 Å². The highest BCUT2D eigenvalue weighted by molar-refractivity contribution is 5.94. The van der Waals surface area contributed by atoms with Gasteiger partial charge in [0.2, 0.25) is 0 Å². The Morgan fingerprint density at radius 1 is 1.00 bits per heavy atom. The van der Waals surface area contributed by atoms with Gasteiger partial charge in [0.15, 0.2) is 0 Å². The second-order valence-electron chi connectivity index (χ2n) is 5.97. The summed E-state index contributed by atoms with van der Waals surface area (Å²) in [5.74, 6) is 0.00755. The lowest BCUT2D eigenvalue weighted by Crippen LogP contribution is -2.42. The number of benzene rings is 2. The highest BCUT2D eigenvalue weighted by Crippen LogP contribution is 2.26. The zero-order chi connectivity index (χ0) is 16.9. The van der Waals surface area contributed by atoms with Crippen LogP contribution in [0.2, 0.25) is 0 Å². The zero-order valence-electron chi connectivity index (χ0n) is 13.9. The quantitative estimate of drug-likeness (QED) is 0.713. The average molecular weight is 319 g/mol. The molecule has 1 aromatic heterocycles. The molecule has 122 valence electrons. The van der Waals surface area contributed by atoms with Gasteiger partial charge in [-0.25, -0.2) is 4.98 Å². The predicted molar refractivity (Wildman–Crippen MR) is 94.6 cm³/mol. The summed E-state index contributed by atoms with van der Waals surface area (Å²) in [7, 11) is 0. The van der Waals surface area contributed by atoms with Crippen molar-refractivity contribution in [1.29, 1.82) is 0 Å². The molecule has 0 aliphatic carbocycles. The van der Waals surface area contributed by atoms with Crippen LogP contribution in [0.3, 0.4) is 0 Å². The van der Waals surface area contributed by atoms with E-state index in [-0.39, 0.29) is 18.1 Å². The van der Waals surface area contributed by atoms with Crippen LogP contribution in [0.4, 0.5) is 0 Å². The van der Waals surface area contributed by atoms with Crippen LogP contribution in [0.15, 0.2) is 79.4 Å². The molecule has 0 fully saturated rings. The third-order valence-corrected chi connectivity index (χ3v) is 3.98. The van der Waals surface area contributed by atoms with Crippen LogP contribution < -0.4 is 0 Å². The van der Waals surface area contributed by atoms with Crippen LogP contribution in [-0.4, -0.2) is 26.4 Å². The van der Waals surface area contributed by atoms with E-state index < -0.39 is 0 Å². The molecule has 0 bridgehead atoms. The van der Waals surface area contributed by atoms with Crippen LogP contribution >= 0.6 is 0 Å². The Morgan fingerprint density at radius 3 is 2.17 bits per heavy atom. The molecular formula is C20H21N3O. The van der Waals surface area contributed by atoms with Gasteiger partial charge in [-0.05, 0) is 31.5 Å². The van der Waals surface area contributed by atoms with Crippen molar-refractivity contribution in [3.63, 3.8) is 0 Å². The molecule has 3 rings (SSSR count). The first-order valence-electron chi connectivity index (χ1n) is 8.08. The van der Waals surface area contributed by atoms with Crippen LogP contribution in [0, 0.1) is 0 Å². The lowest BCUT2D eigenvalue weighted by molar-refractivity contribution is 0.0566. The molecule has 0 radical (unpaired) electrons. The zero-order valence-corrected chi connectivity index (χ0v) is 13.9. The number of hydrogen-bond acceptors (Lipinski definition) is 2. The van der Waals surface area contributed by atoms with Crippen molar-refractivity contribution < 1.29 is 4.79 Å². The highest BCUT2D eigenvalue weighted by atomic mass is 16.2. The summed E-state index contributed by atoms with van der Waals surface area (Å²) in [6, 6.07) is 19.5. The maximum atomic E-state index is 13.2. The number of aromatic nitrogens is 2. The second-order valence-corrected chi connectivity index (χ2v) is 5.97. The number of nitrogens with zero attached hydrogens (tertiary/aromatic N) is 3. The molecule has 3 aromatic rings. The van der Waals surface area contributed by atoms with Crippen molar-refractivity contribution in [2.45, 2.75) is 26.1 Å². The molecule has 24 heavy (non-hydrogen) atoms. The van der Waals surface area contributed by atoms with Crippen molar-refractivity contribution in [1.82, 2.24) is 14.5 Å². The number of hydrogen-bond donors (Lipinski definition) is 0. The molecule has 0 N–H and O–H groups in total. The topological polar surface area (TPSA) is 38.1 Å². The van der Waals surface area contributed by atoms with Crippen molar-refractivity contribution in [3.05, 3.63) is 90.5 Å². The molecule has 0 aliphatic heterocycles. The first kappa shape index (κ1) is 16.0. The fourth-order valence-corrected chi connectivity index (χ4v) is 2.87. The van der Waals surface area contributed by atoms with E-state index in [0.717, 1.165) is 5.56 Å². The van der Waals surface area contributed by atoms with Crippen molar-refractivity contribution in [2.75, 3.05) is 0 Å². The molecule has 1 atom stereocenters. The van der Waals surface area contributed by atoms with E-state index in [2.05, 4.69) is 4.98 Å². The monoisotopic (exact) mass is 319 g/mol. The van der Waals surface area contributed by atoms with Gasteiger partial charge >= 0.3 is 0 Å². The Bertz CT molecular complexity index is 767. The van der Waals surface area contributed by atoms with Crippen LogP contribution in [0.5, 0.6) is 0 Å². The maximum Gasteiger partial charge on any atom is 0.256 e. The Kier molecular flexibility index (Phi) is 4.75. The Morgan fingerprint density at radius 2 is 1.62 bits per heavy atom. The Labute approximate surface area is 142 Å². The fourth-order valence-electron chi connectivity index (χ4n) is 2.87. The molecule has 0 aliphatic rings. The summed E-state index contributed by atoms with van der Waals surface area (Å²) >= 11 is 0. The van der Waals surface area contributed by atoms with Gasteiger partial charge in [-0.2, -0.15) is 0 Å². The Balaban J connectivity index is 2.07. The summed E-state index contributed by atoms with van der Waals surface area (Å²) in [6.07, 6.45) is 5.15. The predicted octanol–water partition coefficient (Wildman–Crippen LogP) is 3.98. The van der Waals surface area contributed by atoms with E-state index in [9.17, 15) is 4.79 Å². The molecule has 2 aromatic carbocycles. The Hall–Kier alpha value is -2.88. The van der Waals surface area contributed by atoms with E-state index in [1.54, 1.807) is 12.5 Å². The van der Waals surface area contributed by atoms with Gasteiger partial charge in [-0.15, -0.1) is 0 Å². The lowest BCUT2D eigenvalue weighted by Gasteiger charge is -2.36. The van der Waals surface area contributed by atoms with Crippen molar-refractivity contribution in [3.8, 4) is 0 Å². The van der Waals surface area contributed by atoms with Crippen LogP contribution in [0.25, 0.3) is 0 Å². The number of carbonyl (C=O) groups excluding carboxylic acids is 1. The molecule has 1 heterocycles. The molecule has 0 saturated carbocycles. The normalized spacial score (nSPS) is 12.1. The molecular weight excluding hydrogens is 298 g/mol. The largest absolute Gasteiger partial charge is 0.312 e. The summed E-state index contributed by atoms with van der Waals surface area (Å²) in [5.41, 5.74) is 1.74. The third-order valence-electron chi connectivity index (χ3n) is 3.98. The molecule has 1 unspecified atom stereocenters. The van der Waals surface area contributed by atoms with E-state index >= 15 is 0 Å². The minimum absolute atomic E-state index is 0.00755. The molecule has 0 saturated heterocycles. The van der Waals surface area contributed by atoms with Gasteiger partial charge in [0, 0.05) is 24.0 Å². The number of rotatable bonds is 5. The van der Waals surface area contributed by atoms with Gasteiger partial charge in [0.25, 0.3) is 5.91 Å². The number of amides is 1. The first-order chi connectivity index (χ1) is 11.7. The van der Waals surface area contributed by atoms with Gasteiger partial charge in [0.05, 0.1) is 6.33 Å². The van der Waals surface area contributed by atoms with Crippen LogP contribution in [0.1, 0.15) is 35.9 Å². The maximum absolute atomic E-state index is 13.2. The fraction of sp³-hybridized carbons (Fsp3) is 0.200. The lowest BCUT2D eigenvalue weighted by atomic mass is 10.1. The van der Waals surface area contributed by atoms with Crippen molar-refractivity contribution >= 4 is 5.91 Å². The molecule has 4 nitrogen and oxygen atoms in total. The number of imidazole rings is 1. The van der Waals surface area contributed by atoms with Gasteiger partial charge in [0.1, 0.15) is 6.17 Å². The summed E-state index contributed by atoms with van der Waals surface area (Å²) in [6.45, 7) is 4.07. The second kappa shape index (κ2) is 7.13. The smallest absolute Gasteiger partial charge is 0.256 e. The first-order valence-corrected chi connectivity index (χ1v) is 8.08.